The zero-order valence-corrected chi connectivity index (χ0v) is 12.5. The minimum absolute atomic E-state index is 0.235. The average Bonchev–Trinajstić information content (AvgIpc) is 2.41. The van der Waals surface area contributed by atoms with Crippen LogP contribution in [0.3, 0.4) is 0 Å². The van der Waals surface area contributed by atoms with Crippen LogP contribution in [0.1, 0.15) is 33.1 Å². The number of rotatable bonds is 7. The highest BCUT2D eigenvalue weighted by Gasteiger charge is 2.22. The molecule has 1 rings (SSSR count). The predicted octanol–water partition coefficient (Wildman–Crippen LogP) is 3.83. The minimum Gasteiger partial charge on any atom is -0.409 e. The van der Waals surface area contributed by atoms with Crippen LogP contribution in [-0.2, 0) is 0 Å². The summed E-state index contributed by atoms with van der Waals surface area (Å²) in [6.07, 6.45) is 2.60. The van der Waals surface area contributed by atoms with E-state index in [4.69, 9.17) is 22.5 Å². The highest BCUT2D eigenvalue weighted by Crippen LogP contribution is 2.24. The molecule has 6 heteroatoms. The van der Waals surface area contributed by atoms with Crippen LogP contribution in [0.5, 0.6) is 0 Å². The Bertz CT molecular complexity index is 477. The molecule has 4 nitrogen and oxygen atoms in total. The Labute approximate surface area is 123 Å². The molecule has 0 radical (unpaired) electrons. The second-order valence-electron chi connectivity index (χ2n) is 5.38. The van der Waals surface area contributed by atoms with Gasteiger partial charge in [-0.15, -0.1) is 0 Å². The SMILES string of the molecule is CC(C)(CCCCNc1cc(F)ccc1Cl)/C(N)=N/O. The van der Waals surface area contributed by atoms with Crippen molar-refractivity contribution in [2.45, 2.75) is 33.1 Å². The number of benzene rings is 1. The van der Waals surface area contributed by atoms with E-state index in [-0.39, 0.29) is 17.1 Å². The molecule has 0 spiro atoms. The van der Waals surface area contributed by atoms with Crippen molar-refractivity contribution >= 4 is 23.1 Å². The number of unbranched alkanes of at least 4 members (excludes halogenated alkanes) is 1. The molecule has 4 N–H and O–H groups in total. The molecule has 0 aromatic heterocycles. The summed E-state index contributed by atoms with van der Waals surface area (Å²) in [4.78, 5) is 0. The maximum atomic E-state index is 13.1. The molecule has 0 fully saturated rings. The fraction of sp³-hybridized carbons (Fsp3) is 0.500. The van der Waals surface area contributed by atoms with Crippen LogP contribution >= 0.6 is 11.6 Å². The molecule has 0 aliphatic heterocycles. The van der Waals surface area contributed by atoms with Crippen molar-refractivity contribution in [2.75, 3.05) is 11.9 Å². The number of halogens is 2. The molecular formula is C14H21ClFN3O. The average molecular weight is 302 g/mol. The van der Waals surface area contributed by atoms with Gasteiger partial charge in [-0.2, -0.15) is 0 Å². The highest BCUT2D eigenvalue weighted by atomic mass is 35.5. The Morgan fingerprint density at radius 2 is 2.15 bits per heavy atom. The molecule has 0 bridgehead atoms. The number of nitrogens with two attached hydrogens (primary N) is 1. The van der Waals surface area contributed by atoms with Crippen molar-refractivity contribution < 1.29 is 9.60 Å². The van der Waals surface area contributed by atoms with Crippen molar-refractivity contribution in [1.29, 1.82) is 0 Å². The molecule has 0 unspecified atom stereocenters. The quantitative estimate of drug-likeness (QED) is 0.236. The van der Waals surface area contributed by atoms with Crippen LogP contribution in [0.4, 0.5) is 10.1 Å². The third kappa shape index (κ3) is 4.89. The lowest BCUT2D eigenvalue weighted by Gasteiger charge is -2.22. The van der Waals surface area contributed by atoms with Crippen LogP contribution in [-0.4, -0.2) is 17.6 Å². The summed E-state index contributed by atoms with van der Waals surface area (Å²) in [6, 6.07) is 4.23. The fourth-order valence-corrected chi connectivity index (χ4v) is 2.00. The third-order valence-corrected chi connectivity index (χ3v) is 3.60. The van der Waals surface area contributed by atoms with E-state index in [0.29, 0.717) is 17.3 Å². The number of nitrogens with one attached hydrogen (secondary N) is 1. The molecule has 0 atom stereocenters. The summed E-state index contributed by atoms with van der Waals surface area (Å²) in [5, 5.41) is 15.3. The first-order valence-corrected chi connectivity index (χ1v) is 6.91. The highest BCUT2D eigenvalue weighted by molar-refractivity contribution is 6.33. The Morgan fingerprint density at radius 1 is 1.45 bits per heavy atom. The number of oxime groups is 1. The van der Waals surface area contributed by atoms with E-state index in [0.717, 1.165) is 19.3 Å². The summed E-state index contributed by atoms with van der Waals surface area (Å²) < 4.78 is 13.1. The van der Waals surface area contributed by atoms with Crippen molar-refractivity contribution in [1.82, 2.24) is 0 Å². The molecule has 20 heavy (non-hydrogen) atoms. The van der Waals surface area contributed by atoms with Gasteiger partial charge in [0.15, 0.2) is 0 Å². The number of anilines is 1. The molecule has 112 valence electrons. The van der Waals surface area contributed by atoms with E-state index in [9.17, 15) is 4.39 Å². The van der Waals surface area contributed by atoms with Gasteiger partial charge in [-0.1, -0.05) is 37.0 Å². The van der Waals surface area contributed by atoms with Crippen molar-refractivity contribution in [2.24, 2.45) is 16.3 Å². The Balaban J connectivity index is 2.34. The molecule has 0 heterocycles. The largest absolute Gasteiger partial charge is 0.409 e. The lowest BCUT2D eigenvalue weighted by Crippen LogP contribution is -2.31. The maximum absolute atomic E-state index is 13.1. The van der Waals surface area contributed by atoms with Crippen LogP contribution in [0.15, 0.2) is 23.4 Å². The zero-order chi connectivity index (χ0) is 15.2. The summed E-state index contributed by atoms with van der Waals surface area (Å²) in [7, 11) is 0. The number of nitrogens with zero attached hydrogens (tertiary/aromatic N) is 1. The molecule has 1 aromatic rings. The number of hydrogen-bond acceptors (Lipinski definition) is 3. The summed E-state index contributed by atoms with van der Waals surface area (Å²) in [6.45, 7) is 4.55. The fourth-order valence-electron chi connectivity index (χ4n) is 1.81. The first-order chi connectivity index (χ1) is 9.36. The molecule has 0 amide bonds. The third-order valence-electron chi connectivity index (χ3n) is 3.27. The smallest absolute Gasteiger partial charge is 0.144 e. The first-order valence-electron chi connectivity index (χ1n) is 6.54. The number of hydrogen-bond donors (Lipinski definition) is 3. The Hall–Kier alpha value is -1.49. The van der Waals surface area contributed by atoms with Crippen molar-refractivity contribution in [3.63, 3.8) is 0 Å². The lowest BCUT2D eigenvalue weighted by atomic mass is 9.86. The Morgan fingerprint density at radius 3 is 2.80 bits per heavy atom. The van der Waals surface area contributed by atoms with Gasteiger partial charge in [-0.05, 0) is 31.0 Å². The standard InChI is InChI=1S/C14H21ClFN3O/c1-14(2,13(17)19-20)7-3-4-8-18-12-9-10(16)5-6-11(12)15/h5-6,9,18,20H,3-4,7-8H2,1-2H3,(H2,17,19). The van der Waals surface area contributed by atoms with Gasteiger partial charge in [0, 0.05) is 12.0 Å². The van der Waals surface area contributed by atoms with Gasteiger partial charge in [-0.3, -0.25) is 0 Å². The van der Waals surface area contributed by atoms with Gasteiger partial charge in [0.2, 0.25) is 0 Å². The normalized spacial score (nSPS) is 12.5. The molecular weight excluding hydrogens is 281 g/mol. The van der Waals surface area contributed by atoms with Gasteiger partial charge in [-0.25, -0.2) is 4.39 Å². The van der Waals surface area contributed by atoms with Crippen LogP contribution < -0.4 is 11.1 Å². The van der Waals surface area contributed by atoms with Crippen molar-refractivity contribution in [3.8, 4) is 0 Å². The second-order valence-corrected chi connectivity index (χ2v) is 5.78. The Kier molecular flexibility index (Phi) is 6.07. The van der Waals surface area contributed by atoms with Gasteiger partial charge in [0.25, 0.3) is 0 Å². The maximum Gasteiger partial charge on any atom is 0.144 e. The van der Waals surface area contributed by atoms with E-state index >= 15 is 0 Å². The minimum atomic E-state index is -0.328. The monoisotopic (exact) mass is 301 g/mol. The van der Waals surface area contributed by atoms with E-state index < -0.39 is 0 Å². The van der Waals surface area contributed by atoms with Crippen LogP contribution in [0.2, 0.25) is 5.02 Å². The van der Waals surface area contributed by atoms with E-state index in [1.807, 2.05) is 13.8 Å². The number of amidine groups is 1. The van der Waals surface area contributed by atoms with E-state index in [1.54, 1.807) is 0 Å². The lowest BCUT2D eigenvalue weighted by molar-refractivity contribution is 0.304. The van der Waals surface area contributed by atoms with Gasteiger partial charge in [0.05, 0.1) is 10.7 Å². The topological polar surface area (TPSA) is 70.6 Å². The second kappa shape index (κ2) is 7.33. The molecule has 1 aromatic carbocycles. The summed E-state index contributed by atoms with van der Waals surface area (Å²) >= 11 is 5.95. The van der Waals surface area contributed by atoms with Gasteiger partial charge in [0.1, 0.15) is 11.7 Å². The molecule has 0 saturated carbocycles. The predicted molar refractivity (Wildman–Crippen MR) is 80.9 cm³/mol. The van der Waals surface area contributed by atoms with Crippen molar-refractivity contribution in [3.05, 3.63) is 29.0 Å². The summed E-state index contributed by atoms with van der Waals surface area (Å²) in [5.74, 6) is -0.0800. The molecule has 0 aliphatic rings. The first kappa shape index (κ1) is 16.6. The molecule has 0 aliphatic carbocycles. The van der Waals surface area contributed by atoms with Crippen LogP contribution in [0, 0.1) is 11.2 Å². The van der Waals surface area contributed by atoms with E-state index in [1.165, 1.54) is 18.2 Å². The van der Waals surface area contributed by atoms with E-state index in [2.05, 4.69) is 10.5 Å². The molecule has 0 saturated heterocycles. The van der Waals surface area contributed by atoms with Crippen LogP contribution in [0.25, 0.3) is 0 Å². The summed E-state index contributed by atoms with van der Waals surface area (Å²) in [5.41, 5.74) is 5.89. The van der Waals surface area contributed by atoms with Gasteiger partial charge < -0.3 is 16.3 Å². The zero-order valence-electron chi connectivity index (χ0n) is 11.8. The van der Waals surface area contributed by atoms with Gasteiger partial charge >= 0.3 is 0 Å².